The van der Waals surface area contributed by atoms with Gasteiger partial charge in [0.05, 0.1) is 31.1 Å². The molecule has 9 nitrogen and oxygen atoms in total. The highest BCUT2D eigenvalue weighted by molar-refractivity contribution is 6.00. The lowest BCUT2D eigenvalue weighted by Gasteiger charge is -2.13. The molecule has 1 aliphatic heterocycles. The minimum Gasteiger partial charge on any atom is -0.376 e. The monoisotopic (exact) mass is 409 g/mol. The minimum absolute atomic E-state index is 0.0753. The molecule has 1 fully saturated rings. The minimum atomic E-state index is -1.10. The average molecular weight is 409 g/mol. The first-order valence-corrected chi connectivity index (χ1v) is 9.58. The summed E-state index contributed by atoms with van der Waals surface area (Å²) >= 11 is 0. The first kappa shape index (κ1) is 18.5. The lowest BCUT2D eigenvalue weighted by molar-refractivity contribution is 0.0964. The molecule has 0 spiro atoms. The van der Waals surface area contributed by atoms with Crippen LogP contribution in [0, 0.1) is 0 Å². The van der Waals surface area contributed by atoms with Crippen LogP contribution < -0.4 is 10.6 Å². The molecule has 0 aromatic carbocycles. The number of rotatable bonds is 4. The summed E-state index contributed by atoms with van der Waals surface area (Å²) in [4.78, 5) is 21.5. The summed E-state index contributed by atoms with van der Waals surface area (Å²) in [6.45, 7) is 0.366. The maximum atomic E-state index is 14.4. The van der Waals surface area contributed by atoms with Crippen molar-refractivity contribution < 1.29 is 13.9 Å². The predicted molar refractivity (Wildman–Crippen MR) is 109 cm³/mol. The van der Waals surface area contributed by atoms with Gasteiger partial charge >= 0.3 is 0 Å². The molecule has 154 valence electrons. The third-order valence-electron chi connectivity index (χ3n) is 5.41. The number of hydrogen-bond acceptors (Lipinski definition) is 6. The van der Waals surface area contributed by atoms with Gasteiger partial charge in [-0.1, -0.05) is 0 Å². The molecule has 0 aliphatic carbocycles. The van der Waals surface area contributed by atoms with Crippen molar-refractivity contribution in [2.75, 3.05) is 32.6 Å². The molecule has 0 saturated carbocycles. The fraction of sp³-hybridized carbons (Fsp3) is 0.300. The van der Waals surface area contributed by atoms with Crippen LogP contribution in [-0.2, 0) is 4.74 Å². The largest absolute Gasteiger partial charge is 0.376 e. The van der Waals surface area contributed by atoms with Crippen molar-refractivity contribution in [2.24, 2.45) is 0 Å². The summed E-state index contributed by atoms with van der Waals surface area (Å²) in [5, 5.41) is 10.8. The Kier molecular flexibility index (Phi) is 4.35. The topological polar surface area (TPSA) is 98.4 Å². The fourth-order valence-electron chi connectivity index (χ4n) is 3.88. The van der Waals surface area contributed by atoms with Crippen LogP contribution in [0.3, 0.4) is 0 Å². The molecule has 0 unspecified atom stereocenters. The van der Waals surface area contributed by atoms with Gasteiger partial charge in [-0.05, 0) is 12.1 Å². The second kappa shape index (κ2) is 7.06. The number of carbonyl (C=O) groups excluding carboxylic acids is 1. The molecule has 0 radical (unpaired) electrons. The number of pyridine rings is 1. The van der Waals surface area contributed by atoms with Crippen LogP contribution >= 0.6 is 0 Å². The Morgan fingerprint density at radius 2 is 2.17 bits per heavy atom. The number of hydrogen-bond donors (Lipinski definition) is 2. The molecule has 1 aliphatic rings. The van der Waals surface area contributed by atoms with E-state index in [-0.39, 0.29) is 12.5 Å². The Hall–Kier alpha value is -3.53. The van der Waals surface area contributed by atoms with Crippen LogP contribution in [0.2, 0.25) is 0 Å². The van der Waals surface area contributed by atoms with Gasteiger partial charge in [0.25, 0.3) is 5.91 Å². The van der Waals surface area contributed by atoms with Crippen LogP contribution in [0.1, 0.15) is 16.4 Å². The van der Waals surface area contributed by atoms with E-state index < -0.39 is 12.2 Å². The van der Waals surface area contributed by atoms with E-state index in [1.807, 2.05) is 29.0 Å². The molecule has 10 heteroatoms. The zero-order valence-corrected chi connectivity index (χ0v) is 16.5. The molecule has 2 atom stereocenters. The average Bonchev–Trinajstić information content (AvgIpc) is 3.48. The first-order valence-electron chi connectivity index (χ1n) is 9.58. The van der Waals surface area contributed by atoms with E-state index in [9.17, 15) is 9.18 Å². The van der Waals surface area contributed by atoms with Gasteiger partial charge in [0.15, 0.2) is 5.65 Å². The Morgan fingerprint density at radius 3 is 2.90 bits per heavy atom. The number of amides is 1. The molecule has 2 N–H and O–H groups in total. The van der Waals surface area contributed by atoms with Crippen molar-refractivity contribution >= 4 is 28.4 Å². The zero-order valence-electron chi connectivity index (χ0n) is 16.5. The molecule has 0 bridgehead atoms. The molecular weight excluding hydrogens is 389 g/mol. The number of ether oxygens (including phenoxy) is 1. The number of halogens is 1. The van der Waals surface area contributed by atoms with Crippen molar-refractivity contribution in [1.82, 2.24) is 29.5 Å². The van der Waals surface area contributed by atoms with Crippen molar-refractivity contribution in [1.29, 1.82) is 0 Å². The Morgan fingerprint density at radius 1 is 1.30 bits per heavy atom. The summed E-state index contributed by atoms with van der Waals surface area (Å²) < 4.78 is 23.1. The van der Waals surface area contributed by atoms with E-state index in [2.05, 4.69) is 20.7 Å². The lowest BCUT2D eigenvalue weighted by Crippen LogP contribution is -2.18. The summed E-state index contributed by atoms with van der Waals surface area (Å²) in [6, 6.07) is 5.16. The molecule has 1 saturated heterocycles. The van der Waals surface area contributed by atoms with Gasteiger partial charge in [-0.25, -0.2) is 14.4 Å². The van der Waals surface area contributed by atoms with Crippen LogP contribution in [0.15, 0.2) is 36.8 Å². The fourth-order valence-corrected chi connectivity index (χ4v) is 3.88. The SMILES string of the molecule is CNC(=O)c1cnn2c(NC)cc(-c3cn([C@@H]4COC[C@@H]4F)c4ncccc34)nc12. The Bertz CT molecular complexity index is 1260. The normalized spacial score (nSPS) is 18.9. The molecule has 4 aromatic rings. The van der Waals surface area contributed by atoms with Gasteiger partial charge in [0.2, 0.25) is 0 Å². The number of fused-ring (bicyclic) bond motifs is 2. The van der Waals surface area contributed by atoms with Gasteiger partial charge < -0.3 is 19.9 Å². The molecular formula is C20H20FN7O2. The van der Waals surface area contributed by atoms with Gasteiger partial charge in [-0.15, -0.1) is 0 Å². The van der Waals surface area contributed by atoms with E-state index in [1.54, 1.807) is 24.8 Å². The van der Waals surface area contributed by atoms with E-state index >= 15 is 0 Å². The summed E-state index contributed by atoms with van der Waals surface area (Å²) in [7, 11) is 3.33. The number of alkyl halides is 1. The second-order valence-electron chi connectivity index (χ2n) is 7.09. The Balaban J connectivity index is 1.75. The standard InChI is InChI=1S/C20H20FN7O2/c1-22-17-6-15(26-19-12(20(29)23-2)7-25-28(17)19)13-8-27(16-10-30-9-14(16)21)18-11(13)4-3-5-24-18/h3-8,14,16,22H,9-10H2,1-2H3,(H,23,29)/t14-,16+/m0/s1. The van der Waals surface area contributed by atoms with Crippen LogP contribution in [-0.4, -0.2) is 63.5 Å². The molecule has 5 rings (SSSR count). The highest BCUT2D eigenvalue weighted by atomic mass is 19.1. The van der Waals surface area contributed by atoms with Crippen LogP contribution in [0.4, 0.5) is 10.2 Å². The second-order valence-corrected chi connectivity index (χ2v) is 7.09. The maximum Gasteiger partial charge on any atom is 0.256 e. The van der Waals surface area contributed by atoms with Gasteiger partial charge in [-0.2, -0.15) is 9.61 Å². The van der Waals surface area contributed by atoms with Crippen molar-refractivity contribution in [3.63, 3.8) is 0 Å². The highest BCUT2D eigenvalue weighted by Crippen LogP contribution is 2.35. The number of anilines is 1. The lowest BCUT2D eigenvalue weighted by atomic mass is 10.1. The Labute approximate surface area is 170 Å². The number of carbonyl (C=O) groups is 1. The molecule has 5 heterocycles. The van der Waals surface area contributed by atoms with E-state index in [0.717, 1.165) is 10.9 Å². The smallest absolute Gasteiger partial charge is 0.256 e. The van der Waals surface area contributed by atoms with Crippen molar-refractivity contribution in [3.8, 4) is 11.3 Å². The van der Waals surface area contributed by atoms with Gasteiger partial charge in [0, 0.05) is 43.5 Å². The maximum absolute atomic E-state index is 14.4. The van der Waals surface area contributed by atoms with Crippen molar-refractivity contribution in [3.05, 3.63) is 42.4 Å². The zero-order chi connectivity index (χ0) is 20.8. The van der Waals surface area contributed by atoms with E-state index in [4.69, 9.17) is 9.72 Å². The van der Waals surface area contributed by atoms with Crippen molar-refractivity contribution in [2.45, 2.75) is 12.2 Å². The number of nitrogens with one attached hydrogen (secondary N) is 2. The summed E-state index contributed by atoms with van der Waals surface area (Å²) in [5.41, 5.74) is 2.88. The summed E-state index contributed by atoms with van der Waals surface area (Å²) in [6.07, 6.45) is 3.92. The third-order valence-corrected chi connectivity index (χ3v) is 5.41. The third kappa shape index (κ3) is 2.71. The van der Waals surface area contributed by atoms with E-state index in [0.29, 0.717) is 35.0 Å². The van der Waals surface area contributed by atoms with E-state index in [1.165, 1.54) is 6.20 Å². The highest BCUT2D eigenvalue weighted by Gasteiger charge is 2.31. The quantitative estimate of drug-likeness (QED) is 0.535. The summed E-state index contributed by atoms with van der Waals surface area (Å²) in [5.74, 6) is 0.395. The molecule has 4 aromatic heterocycles. The van der Waals surface area contributed by atoms with Crippen LogP contribution in [0.5, 0.6) is 0 Å². The van der Waals surface area contributed by atoms with Gasteiger partial charge in [-0.3, -0.25) is 4.79 Å². The number of nitrogens with zero attached hydrogens (tertiary/aromatic N) is 5. The van der Waals surface area contributed by atoms with Crippen LogP contribution in [0.25, 0.3) is 27.9 Å². The van der Waals surface area contributed by atoms with Gasteiger partial charge in [0.1, 0.15) is 23.2 Å². The first-order chi connectivity index (χ1) is 14.6. The number of aromatic nitrogens is 5. The molecule has 1 amide bonds. The predicted octanol–water partition coefficient (Wildman–Crippen LogP) is 2.06. The molecule has 30 heavy (non-hydrogen) atoms.